The van der Waals surface area contributed by atoms with E-state index in [1.807, 2.05) is 13.8 Å². The minimum absolute atomic E-state index is 0.209. The van der Waals surface area contributed by atoms with Gasteiger partial charge in [0.1, 0.15) is 0 Å². The molecule has 1 rings (SSSR count). The summed E-state index contributed by atoms with van der Waals surface area (Å²) in [6.45, 7) is 7.00. The lowest BCUT2D eigenvalue weighted by molar-refractivity contribution is 0.00268. The molecule has 1 fully saturated rings. The Morgan fingerprint density at radius 3 is 2.53 bits per heavy atom. The van der Waals surface area contributed by atoms with Crippen molar-refractivity contribution in [1.29, 1.82) is 0 Å². The number of hydrogen-bond donors (Lipinski definition) is 1. The minimum Gasteiger partial charge on any atom is -0.379 e. The lowest BCUT2D eigenvalue weighted by Gasteiger charge is -2.32. The van der Waals surface area contributed by atoms with E-state index in [0.29, 0.717) is 11.5 Å². The Morgan fingerprint density at radius 2 is 2.12 bits per heavy atom. The summed E-state index contributed by atoms with van der Waals surface area (Å²) in [5.74, 6) is 0.895. The van der Waals surface area contributed by atoms with Crippen molar-refractivity contribution in [2.45, 2.75) is 45.3 Å². The molecule has 102 valence electrons. The molecule has 0 spiro atoms. The first kappa shape index (κ1) is 14.9. The first-order valence-corrected chi connectivity index (χ1v) is 8.11. The molecule has 0 bridgehead atoms. The number of methoxy groups -OCH3 is 1. The third-order valence-corrected chi connectivity index (χ3v) is 5.36. The van der Waals surface area contributed by atoms with Crippen LogP contribution in [0.3, 0.4) is 0 Å². The van der Waals surface area contributed by atoms with Gasteiger partial charge in [0, 0.05) is 13.2 Å². The van der Waals surface area contributed by atoms with Gasteiger partial charge in [0.25, 0.3) is 0 Å². The van der Waals surface area contributed by atoms with Gasteiger partial charge in [0.05, 0.1) is 17.1 Å². The van der Waals surface area contributed by atoms with Crippen molar-refractivity contribution in [3.05, 3.63) is 0 Å². The van der Waals surface area contributed by atoms with E-state index < -0.39 is 9.84 Å². The SMILES string of the molecule is CCNC(CC(C)(C)OC)C1CCS(=O)(=O)C1. The van der Waals surface area contributed by atoms with Crippen LogP contribution in [0.25, 0.3) is 0 Å². The summed E-state index contributed by atoms with van der Waals surface area (Å²) in [6, 6.07) is 0.229. The fourth-order valence-corrected chi connectivity index (χ4v) is 4.30. The normalized spacial score (nSPS) is 26.0. The Labute approximate surface area is 105 Å². The molecule has 17 heavy (non-hydrogen) atoms. The molecule has 2 unspecified atom stereocenters. The van der Waals surface area contributed by atoms with Crippen molar-refractivity contribution in [1.82, 2.24) is 5.32 Å². The van der Waals surface area contributed by atoms with Crippen molar-refractivity contribution in [2.24, 2.45) is 5.92 Å². The number of hydrogen-bond acceptors (Lipinski definition) is 4. The Hall–Kier alpha value is -0.130. The van der Waals surface area contributed by atoms with Crippen LogP contribution in [0.1, 0.15) is 33.6 Å². The fourth-order valence-electron chi connectivity index (χ4n) is 2.42. The lowest BCUT2D eigenvalue weighted by atomic mass is 9.89. The Morgan fingerprint density at radius 1 is 1.47 bits per heavy atom. The summed E-state index contributed by atoms with van der Waals surface area (Å²) < 4.78 is 28.5. The minimum atomic E-state index is -2.80. The third-order valence-electron chi connectivity index (χ3n) is 3.57. The van der Waals surface area contributed by atoms with Gasteiger partial charge in [-0.2, -0.15) is 0 Å². The van der Waals surface area contributed by atoms with Crippen molar-refractivity contribution >= 4 is 9.84 Å². The van der Waals surface area contributed by atoms with E-state index in [9.17, 15) is 8.42 Å². The molecule has 1 aliphatic heterocycles. The number of sulfone groups is 1. The maximum absolute atomic E-state index is 11.5. The number of ether oxygens (including phenoxy) is 1. The largest absolute Gasteiger partial charge is 0.379 e. The molecule has 1 aliphatic rings. The fraction of sp³-hybridized carbons (Fsp3) is 1.00. The summed E-state index contributed by atoms with van der Waals surface area (Å²) in [6.07, 6.45) is 1.62. The molecule has 0 aromatic carbocycles. The van der Waals surface area contributed by atoms with E-state index in [4.69, 9.17) is 4.74 Å². The van der Waals surface area contributed by atoms with Crippen molar-refractivity contribution in [3.8, 4) is 0 Å². The molecule has 4 nitrogen and oxygen atoms in total. The van der Waals surface area contributed by atoms with E-state index in [2.05, 4.69) is 12.2 Å². The molecular formula is C12H25NO3S. The van der Waals surface area contributed by atoms with E-state index in [1.165, 1.54) is 0 Å². The first-order chi connectivity index (χ1) is 7.79. The van der Waals surface area contributed by atoms with Crippen LogP contribution in [-0.4, -0.2) is 45.2 Å². The molecule has 1 N–H and O–H groups in total. The highest BCUT2D eigenvalue weighted by atomic mass is 32.2. The van der Waals surface area contributed by atoms with Crippen LogP contribution in [0.5, 0.6) is 0 Å². The highest BCUT2D eigenvalue weighted by Crippen LogP contribution is 2.27. The lowest BCUT2D eigenvalue weighted by Crippen LogP contribution is -2.42. The molecule has 2 atom stereocenters. The van der Waals surface area contributed by atoms with Crippen molar-refractivity contribution in [3.63, 3.8) is 0 Å². The standard InChI is InChI=1S/C12H25NO3S/c1-5-13-11(8-12(2,3)16-4)10-6-7-17(14,15)9-10/h10-11,13H,5-9H2,1-4H3. The summed E-state index contributed by atoms with van der Waals surface area (Å²) in [7, 11) is -1.10. The summed E-state index contributed by atoms with van der Waals surface area (Å²) in [5.41, 5.74) is -0.209. The van der Waals surface area contributed by atoms with Gasteiger partial charge in [-0.25, -0.2) is 8.42 Å². The Bertz CT molecular complexity index is 338. The molecule has 0 aromatic heterocycles. The molecule has 1 heterocycles. The van der Waals surface area contributed by atoms with Crippen LogP contribution >= 0.6 is 0 Å². The van der Waals surface area contributed by atoms with Crippen LogP contribution in [0.15, 0.2) is 0 Å². The third kappa shape index (κ3) is 4.56. The van der Waals surface area contributed by atoms with E-state index in [-0.39, 0.29) is 17.6 Å². The predicted molar refractivity (Wildman–Crippen MR) is 69.9 cm³/mol. The highest BCUT2D eigenvalue weighted by molar-refractivity contribution is 7.91. The van der Waals surface area contributed by atoms with Crippen molar-refractivity contribution in [2.75, 3.05) is 25.2 Å². The van der Waals surface area contributed by atoms with Gasteiger partial charge < -0.3 is 10.1 Å². The summed E-state index contributed by atoms with van der Waals surface area (Å²) in [4.78, 5) is 0. The second kappa shape index (κ2) is 5.67. The zero-order valence-electron chi connectivity index (χ0n) is 11.3. The van der Waals surface area contributed by atoms with Gasteiger partial charge in [-0.3, -0.25) is 0 Å². The highest BCUT2D eigenvalue weighted by Gasteiger charge is 2.35. The van der Waals surface area contributed by atoms with Crippen LogP contribution in [0.4, 0.5) is 0 Å². The molecule has 0 aromatic rings. The quantitative estimate of drug-likeness (QED) is 0.783. The maximum atomic E-state index is 11.5. The Balaban J connectivity index is 2.67. The maximum Gasteiger partial charge on any atom is 0.150 e. The van der Waals surface area contributed by atoms with Gasteiger partial charge in [0.2, 0.25) is 0 Å². The van der Waals surface area contributed by atoms with Gasteiger partial charge in [-0.15, -0.1) is 0 Å². The topological polar surface area (TPSA) is 55.4 Å². The molecule has 5 heteroatoms. The van der Waals surface area contributed by atoms with E-state index in [0.717, 1.165) is 19.4 Å². The smallest absolute Gasteiger partial charge is 0.150 e. The van der Waals surface area contributed by atoms with Crippen LogP contribution in [-0.2, 0) is 14.6 Å². The number of nitrogens with one attached hydrogen (secondary N) is 1. The second-order valence-corrected chi connectivity index (χ2v) is 7.72. The predicted octanol–water partition coefficient (Wildman–Crippen LogP) is 1.21. The molecule has 0 saturated carbocycles. The van der Waals surface area contributed by atoms with E-state index in [1.54, 1.807) is 7.11 Å². The molecule has 0 amide bonds. The van der Waals surface area contributed by atoms with Gasteiger partial charge in [-0.1, -0.05) is 6.92 Å². The second-order valence-electron chi connectivity index (χ2n) is 5.50. The monoisotopic (exact) mass is 263 g/mol. The molecule has 1 saturated heterocycles. The number of rotatable bonds is 6. The van der Waals surface area contributed by atoms with Crippen LogP contribution < -0.4 is 5.32 Å². The van der Waals surface area contributed by atoms with Gasteiger partial charge in [0.15, 0.2) is 9.84 Å². The van der Waals surface area contributed by atoms with Crippen LogP contribution in [0.2, 0.25) is 0 Å². The summed E-state index contributed by atoms with van der Waals surface area (Å²) in [5, 5.41) is 3.41. The summed E-state index contributed by atoms with van der Waals surface area (Å²) >= 11 is 0. The average Bonchev–Trinajstić information content (AvgIpc) is 2.58. The van der Waals surface area contributed by atoms with Crippen molar-refractivity contribution < 1.29 is 13.2 Å². The molecule has 0 aliphatic carbocycles. The van der Waals surface area contributed by atoms with E-state index >= 15 is 0 Å². The zero-order valence-corrected chi connectivity index (χ0v) is 12.1. The van der Waals surface area contributed by atoms with Crippen LogP contribution in [0, 0.1) is 5.92 Å². The van der Waals surface area contributed by atoms with Gasteiger partial charge in [-0.05, 0) is 39.2 Å². The molecule has 0 radical (unpaired) electrons. The average molecular weight is 263 g/mol. The van der Waals surface area contributed by atoms with Gasteiger partial charge >= 0.3 is 0 Å². The zero-order chi connectivity index (χ0) is 13.1. The Kier molecular flexibility index (Phi) is 4.98. The first-order valence-electron chi connectivity index (χ1n) is 6.28. The molecular weight excluding hydrogens is 238 g/mol.